The molecule has 7 nitrogen and oxygen atoms in total. The number of hydrogen-bond donors (Lipinski definition) is 2. The molecule has 2 heterocycles. The fourth-order valence-electron chi connectivity index (χ4n) is 3.80. The van der Waals surface area contributed by atoms with Crippen LogP contribution in [0.3, 0.4) is 0 Å². The Morgan fingerprint density at radius 2 is 1.91 bits per heavy atom. The third kappa shape index (κ3) is 6.82. The van der Waals surface area contributed by atoms with E-state index < -0.39 is 0 Å². The van der Waals surface area contributed by atoms with E-state index in [4.69, 9.17) is 27.9 Å². The van der Waals surface area contributed by atoms with Gasteiger partial charge in [-0.2, -0.15) is 0 Å². The molecule has 9 heteroatoms. The molecule has 1 aromatic carbocycles. The largest absolute Gasteiger partial charge is 0.469 e. The quantitative estimate of drug-likeness (QED) is 0.534. The van der Waals surface area contributed by atoms with E-state index in [1.165, 1.54) is 13.3 Å². The predicted molar refractivity (Wildman–Crippen MR) is 128 cm³/mol. The second-order valence-corrected chi connectivity index (χ2v) is 8.87. The number of aromatic nitrogens is 1. The van der Waals surface area contributed by atoms with E-state index in [9.17, 15) is 9.59 Å². The van der Waals surface area contributed by atoms with Crippen molar-refractivity contribution in [2.45, 2.75) is 32.2 Å². The number of ether oxygens (including phenoxy) is 1. The number of hydrogen-bond acceptors (Lipinski definition) is 6. The van der Waals surface area contributed by atoms with Gasteiger partial charge in [0.15, 0.2) is 0 Å². The summed E-state index contributed by atoms with van der Waals surface area (Å²) < 4.78 is 4.77. The zero-order chi connectivity index (χ0) is 23.1. The van der Waals surface area contributed by atoms with Crippen LogP contribution in [0.15, 0.2) is 36.5 Å². The molecule has 3 rings (SSSR count). The maximum absolute atomic E-state index is 12.8. The van der Waals surface area contributed by atoms with Gasteiger partial charge in [0.2, 0.25) is 0 Å². The molecule has 1 amide bonds. The first-order chi connectivity index (χ1) is 15.4. The Bertz CT molecular complexity index is 931. The van der Waals surface area contributed by atoms with Gasteiger partial charge in [0.05, 0.1) is 24.1 Å². The summed E-state index contributed by atoms with van der Waals surface area (Å²) in [4.78, 5) is 30.8. The van der Waals surface area contributed by atoms with Gasteiger partial charge in [0, 0.05) is 29.5 Å². The molecule has 0 aliphatic carbocycles. The number of nitrogens with one attached hydrogen (secondary N) is 2. The maximum Gasteiger partial charge on any atom is 0.307 e. The van der Waals surface area contributed by atoms with Crippen LogP contribution in [-0.2, 0) is 9.53 Å². The molecule has 0 spiro atoms. The highest BCUT2D eigenvalue weighted by Gasteiger charge is 2.24. The van der Waals surface area contributed by atoms with Crippen LogP contribution in [-0.4, -0.2) is 54.5 Å². The normalized spacial score (nSPS) is 15.8. The highest BCUT2D eigenvalue weighted by atomic mass is 35.5. The van der Waals surface area contributed by atoms with Gasteiger partial charge in [0.25, 0.3) is 5.91 Å². The lowest BCUT2D eigenvalue weighted by atomic mass is 9.95. The van der Waals surface area contributed by atoms with Gasteiger partial charge < -0.3 is 20.3 Å². The number of benzene rings is 1. The van der Waals surface area contributed by atoms with E-state index in [-0.39, 0.29) is 17.9 Å². The lowest BCUT2D eigenvalue weighted by Gasteiger charge is -2.35. The molecule has 1 unspecified atom stereocenters. The van der Waals surface area contributed by atoms with Crippen molar-refractivity contribution >= 4 is 46.6 Å². The molecule has 172 valence electrons. The Labute approximate surface area is 198 Å². The number of anilines is 2. The molecule has 1 fully saturated rings. The summed E-state index contributed by atoms with van der Waals surface area (Å²) in [6, 6.07) is 8.71. The number of halogens is 2. The van der Waals surface area contributed by atoms with Crippen molar-refractivity contribution in [3.63, 3.8) is 0 Å². The van der Waals surface area contributed by atoms with Crippen molar-refractivity contribution in [3.05, 3.63) is 52.1 Å². The van der Waals surface area contributed by atoms with Crippen LogP contribution in [0.2, 0.25) is 10.0 Å². The average molecular weight is 479 g/mol. The van der Waals surface area contributed by atoms with Crippen LogP contribution in [0.1, 0.15) is 36.5 Å². The van der Waals surface area contributed by atoms with Crippen LogP contribution < -0.4 is 10.6 Å². The molecular weight excluding hydrogens is 451 g/mol. The van der Waals surface area contributed by atoms with Crippen LogP contribution in [0.4, 0.5) is 11.5 Å². The van der Waals surface area contributed by atoms with Crippen molar-refractivity contribution in [1.29, 1.82) is 0 Å². The van der Waals surface area contributed by atoms with E-state index >= 15 is 0 Å². The summed E-state index contributed by atoms with van der Waals surface area (Å²) >= 11 is 12.0. The molecule has 1 aromatic heterocycles. The third-order valence-corrected chi connectivity index (χ3v) is 6.20. The van der Waals surface area contributed by atoms with Crippen molar-refractivity contribution in [3.8, 4) is 0 Å². The van der Waals surface area contributed by atoms with Gasteiger partial charge in [-0.05, 0) is 69.1 Å². The Morgan fingerprint density at radius 3 is 2.56 bits per heavy atom. The Balaban J connectivity index is 1.56. The fraction of sp³-hybridized carbons (Fsp3) is 0.435. The summed E-state index contributed by atoms with van der Waals surface area (Å²) in [6.45, 7) is 4.67. The Morgan fingerprint density at radius 1 is 1.19 bits per heavy atom. The molecule has 0 radical (unpaired) electrons. The summed E-state index contributed by atoms with van der Waals surface area (Å²) in [5.74, 6) is 0.416. The summed E-state index contributed by atoms with van der Waals surface area (Å²) in [5.41, 5.74) is 1.18. The van der Waals surface area contributed by atoms with Gasteiger partial charge in [-0.3, -0.25) is 9.59 Å². The molecule has 1 aliphatic rings. The second-order valence-electron chi connectivity index (χ2n) is 8.00. The van der Waals surface area contributed by atoms with Gasteiger partial charge in [0.1, 0.15) is 5.82 Å². The number of pyridine rings is 1. The van der Waals surface area contributed by atoms with E-state index in [0.717, 1.165) is 38.2 Å². The number of rotatable bonds is 8. The third-order valence-electron chi connectivity index (χ3n) is 5.74. The highest BCUT2D eigenvalue weighted by Crippen LogP contribution is 2.25. The van der Waals surface area contributed by atoms with Crippen molar-refractivity contribution in [2.75, 3.05) is 37.4 Å². The number of esters is 1. The zero-order valence-electron chi connectivity index (χ0n) is 18.2. The fourth-order valence-corrected chi connectivity index (χ4v) is 4.08. The molecule has 0 bridgehead atoms. The van der Waals surface area contributed by atoms with Gasteiger partial charge in [-0.1, -0.05) is 23.2 Å². The number of carbonyl (C=O) groups is 2. The first-order valence-corrected chi connectivity index (χ1v) is 11.4. The van der Waals surface area contributed by atoms with Crippen molar-refractivity contribution in [2.24, 2.45) is 5.92 Å². The van der Waals surface area contributed by atoms with Crippen molar-refractivity contribution < 1.29 is 14.3 Å². The minimum absolute atomic E-state index is 0.171. The number of piperidine rings is 1. The van der Waals surface area contributed by atoms with E-state index in [1.807, 2.05) is 6.07 Å². The van der Waals surface area contributed by atoms with Crippen LogP contribution in [0.25, 0.3) is 0 Å². The van der Waals surface area contributed by atoms with Crippen molar-refractivity contribution in [1.82, 2.24) is 9.88 Å². The Kier molecular flexibility index (Phi) is 8.73. The van der Waals surface area contributed by atoms with E-state index in [0.29, 0.717) is 33.8 Å². The predicted octanol–water partition coefficient (Wildman–Crippen LogP) is 4.72. The molecule has 1 aliphatic heterocycles. The molecule has 2 N–H and O–H groups in total. The van der Waals surface area contributed by atoms with Crippen LogP contribution >= 0.6 is 23.2 Å². The minimum Gasteiger partial charge on any atom is -0.469 e. The lowest BCUT2D eigenvalue weighted by molar-refractivity contribution is -0.142. The molecule has 0 saturated carbocycles. The maximum atomic E-state index is 12.8. The summed E-state index contributed by atoms with van der Waals surface area (Å²) in [7, 11) is 1.42. The van der Waals surface area contributed by atoms with Gasteiger partial charge >= 0.3 is 5.97 Å². The number of methoxy groups -OCH3 is 1. The SMILES string of the molecule is COC(=O)CC(C)N1CCC(CNc2ccc(Cl)cc2C(=O)Nc2ccc(Cl)cn2)CC1. The zero-order valence-corrected chi connectivity index (χ0v) is 19.7. The minimum atomic E-state index is -0.295. The molecule has 2 aromatic rings. The van der Waals surface area contributed by atoms with Gasteiger partial charge in [-0.25, -0.2) is 4.98 Å². The first-order valence-electron chi connectivity index (χ1n) is 10.6. The topological polar surface area (TPSA) is 83.6 Å². The van der Waals surface area contributed by atoms with Crippen LogP contribution in [0.5, 0.6) is 0 Å². The average Bonchev–Trinajstić information content (AvgIpc) is 2.79. The number of amides is 1. The smallest absolute Gasteiger partial charge is 0.307 e. The summed E-state index contributed by atoms with van der Waals surface area (Å²) in [5, 5.41) is 7.18. The first kappa shape index (κ1) is 24.3. The van der Waals surface area contributed by atoms with Gasteiger partial charge in [-0.15, -0.1) is 0 Å². The number of nitrogens with zero attached hydrogens (tertiary/aromatic N) is 2. The molecule has 1 saturated heterocycles. The van der Waals surface area contributed by atoms with E-state index in [1.54, 1.807) is 24.3 Å². The standard InChI is InChI=1S/C23H28Cl2N4O3/c1-15(11-22(30)32-2)29-9-7-16(8-10-29)13-26-20-5-3-17(24)12-19(20)23(31)28-21-6-4-18(25)14-27-21/h3-6,12,14-16,26H,7-11,13H2,1-2H3,(H,27,28,31). The van der Waals surface area contributed by atoms with E-state index in [2.05, 4.69) is 27.4 Å². The Hall–Kier alpha value is -2.35. The molecule has 1 atom stereocenters. The second kappa shape index (κ2) is 11.5. The number of carbonyl (C=O) groups excluding carboxylic acids is 2. The monoisotopic (exact) mass is 478 g/mol. The number of likely N-dealkylation sites (tertiary alicyclic amines) is 1. The lowest BCUT2D eigenvalue weighted by Crippen LogP contribution is -2.42. The highest BCUT2D eigenvalue weighted by molar-refractivity contribution is 6.31. The molecular formula is C23H28Cl2N4O3. The molecule has 32 heavy (non-hydrogen) atoms. The summed E-state index contributed by atoms with van der Waals surface area (Å²) in [6.07, 6.45) is 3.92. The van der Waals surface area contributed by atoms with Crippen LogP contribution in [0, 0.1) is 5.92 Å².